The minimum absolute atomic E-state index is 0.0637. The van der Waals surface area contributed by atoms with Crippen molar-refractivity contribution in [1.29, 1.82) is 0 Å². The van der Waals surface area contributed by atoms with Crippen LogP contribution >= 0.6 is 0 Å². The van der Waals surface area contributed by atoms with E-state index < -0.39 is 0 Å². The summed E-state index contributed by atoms with van der Waals surface area (Å²) in [6.45, 7) is 1.82. The normalized spacial score (nSPS) is 15.3. The van der Waals surface area contributed by atoms with Gasteiger partial charge in [0.25, 0.3) is 5.91 Å². The van der Waals surface area contributed by atoms with E-state index in [4.69, 9.17) is 0 Å². The molecule has 0 atom stereocenters. The molecule has 1 aromatic rings. The quantitative estimate of drug-likeness (QED) is 0.746. The highest BCUT2D eigenvalue weighted by atomic mass is 16.3. The van der Waals surface area contributed by atoms with Gasteiger partial charge in [-0.15, -0.1) is 0 Å². The Kier molecular flexibility index (Phi) is 2.95. The standard InChI is InChI=1S/C13H15NO2/c1-9-8-11(15)6-7-12(9)13(16)14-10-4-2-3-5-10/h2-3,6-8,10,15H,4-5H2,1H3,(H,14,16). The van der Waals surface area contributed by atoms with Crippen LogP contribution < -0.4 is 5.32 Å². The number of aromatic hydroxyl groups is 1. The summed E-state index contributed by atoms with van der Waals surface area (Å²) in [7, 11) is 0. The minimum Gasteiger partial charge on any atom is -0.508 e. The molecule has 1 amide bonds. The molecule has 3 nitrogen and oxygen atoms in total. The maximum Gasteiger partial charge on any atom is 0.251 e. The van der Waals surface area contributed by atoms with Gasteiger partial charge in [0.2, 0.25) is 0 Å². The van der Waals surface area contributed by atoms with E-state index in [0.29, 0.717) is 5.56 Å². The molecule has 2 N–H and O–H groups in total. The maximum absolute atomic E-state index is 11.9. The van der Waals surface area contributed by atoms with Gasteiger partial charge in [-0.25, -0.2) is 0 Å². The zero-order chi connectivity index (χ0) is 11.5. The Balaban J connectivity index is 2.08. The van der Waals surface area contributed by atoms with Crippen molar-refractivity contribution in [1.82, 2.24) is 5.32 Å². The summed E-state index contributed by atoms with van der Waals surface area (Å²) in [5.74, 6) is 0.128. The number of benzene rings is 1. The van der Waals surface area contributed by atoms with Crippen LogP contribution in [0.5, 0.6) is 5.75 Å². The minimum atomic E-state index is -0.0637. The van der Waals surface area contributed by atoms with E-state index in [1.54, 1.807) is 12.1 Å². The van der Waals surface area contributed by atoms with Gasteiger partial charge in [-0.05, 0) is 43.5 Å². The number of aryl methyl sites for hydroxylation is 1. The number of carbonyl (C=O) groups is 1. The van der Waals surface area contributed by atoms with E-state index in [0.717, 1.165) is 18.4 Å². The number of carbonyl (C=O) groups excluding carboxylic acids is 1. The summed E-state index contributed by atoms with van der Waals surface area (Å²) in [6.07, 6.45) is 5.97. The number of phenols is 1. The van der Waals surface area contributed by atoms with Gasteiger partial charge in [0.1, 0.15) is 5.75 Å². The Labute approximate surface area is 94.8 Å². The van der Waals surface area contributed by atoms with Gasteiger partial charge in [0.05, 0.1) is 0 Å². The molecule has 0 bridgehead atoms. The molecule has 16 heavy (non-hydrogen) atoms. The summed E-state index contributed by atoms with van der Waals surface area (Å²) in [4.78, 5) is 11.9. The van der Waals surface area contributed by atoms with Crippen LogP contribution in [0.25, 0.3) is 0 Å². The Morgan fingerprint density at radius 1 is 1.38 bits per heavy atom. The molecule has 0 saturated heterocycles. The second-order valence-corrected chi connectivity index (χ2v) is 4.11. The fourth-order valence-corrected chi connectivity index (χ4v) is 1.90. The van der Waals surface area contributed by atoms with Crippen LogP contribution in [0.15, 0.2) is 30.4 Å². The van der Waals surface area contributed by atoms with Crippen LogP contribution in [0, 0.1) is 6.92 Å². The van der Waals surface area contributed by atoms with Crippen molar-refractivity contribution in [2.24, 2.45) is 0 Å². The molecule has 0 aliphatic heterocycles. The molecule has 3 heteroatoms. The number of amides is 1. The van der Waals surface area contributed by atoms with E-state index in [2.05, 4.69) is 17.5 Å². The van der Waals surface area contributed by atoms with Crippen molar-refractivity contribution in [3.63, 3.8) is 0 Å². The Bertz CT molecular complexity index is 430. The lowest BCUT2D eigenvalue weighted by molar-refractivity contribution is 0.0938. The summed E-state index contributed by atoms with van der Waals surface area (Å²) < 4.78 is 0. The van der Waals surface area contributed by atoms with Crippen LogP contribution in [0.4, 0.5) is 0 Å². The number of hydrogen-bond acceptors (Lipinski definition) is 2. The number of nitrogens with one attached hydrogen (secondary N) is 1. The molecular formula is C13H15NO2. The molecular weight excluding hydrogens is 202 g/mol. The molecule has 84 valence electrons. The molecule has 1 aromatic carbocycles. The lowest BCUT2D eigenvalue weighted by atomic mass is 10.1. The van der Waals surface area contributed by atoms with Crippen molar-refractivity contribution in [3.05, 3.63) is 41.5 Å². The van der Waals surface area contributed by atoms with Crippen molar-refractivity contribution < 1.29 is 9.90 Å². The van der Waals surface area contributed by atoms with Crippen LogP contribution in [0.2, 0.25) is 0 Å². The van der Waals surface area contributed by atoms with Crippen LogP contribution in [-0.4, -0.2) is 17.1 Å². The highest BCUT2D eigenvalue weighted by Crippen LogP contribution is 2.17. The highest BCUT2D eigenvalue weighted by Gasteiger charge is 2.15. The summed E-state index contributed by atoms with van der Waals surface area (Å²) in [5.41, 5.74) is 1.42. The van der Waals surface area contributed by atoms with Gasteiger partial charge < -0.3 is 10.4 Å². The predicted octanol–water partition coefficient (Wildman–Crippen LogP) is 2.15. The van der Waals surface area contributed by atoms with Crippen molar-refractivity contribution in [3.8, 4) is 5.75 Å². The first-order chi connectivity index (χ1) is 7.66. The fraction of sp³-hybridized carbons (Fsp3) is 0.308. The maximum atomic E-state index is 11.9. The Morgan fingerprint density at radius 2 is 2.06 bits per heavy atom. The van der Waals surface area contributed by atoms with Gasteiger partial charge in [0.15, 0.2) is 0 Å². The Hall–Kier alpha value is -1.77. The second kappa shape index (κ2) is 4.39. The molecule has 0 saturated carbocycles. The zero-order valence-corrected chi connectivity index (χ0v) is 9.23. The van der Waals surface area contributed by atoms with Crippen LogP contribution in [-0.2, 0) is 0 Å². The van der Waals surface area contributed by atoms with Crippen molar-refractivity contribution in [2.45, 2.75) is 25.8 Å². The van der Waals surface area contributed by atoms with E-state index in [-0.39, 0.29) is 17.7 Å². The van der Waals surface area contributed by atoms with Gasteiger partial charge in [-0.3, -0.25) is 4.79 Å². The van der Waals surface area contributed by atoms with E-state index in [9.17, 15) is 9.90 Å². The van der Waals surface area contributed by atoms with E-state index in [1.165, 1.54) is 6.07 Å². The topological polar surface area (TPSA) is 49.3 Å². The lowest BCUT2D eigenvalue weighted by Gasteiger charge is -2.13. The third kappa shape index (κ3) is 2.24. The third-order valence-electron chi connectivity index (χ3n) is 2.80. The SMILES string of the molecule is Cc1cc(O)ccc1C(=O)NC1CC=CC1. The molecule has 1 aliphatic carbocycles. The fourth-order valence-electron chi connectivity index (χ4n) is 1.90. The third-order valence-corrected chi connectivity index (χ3v) is 2.80. The molecule has 0 unspecified atom stereocenters. The first kappa shape index (κ1) is 10.7. The van der Waals surface area contributed by atoms with E-state index in [1.807, 2.05) is 6.92 Å². The predicted molar refractivity (Wildman–Crippen MR) is 62.5 cm³/mol. The van der Waals surface area contributed by atoms with Crippen molar-refractivity contribution in [2.75, 3.05) is 0 Å². The molecule has 0 aromatic heterocycles. The van der Waals surface area contributed by atoms with Gasteiger partial charge in [-0.2, -0.15) is 0 Å². The van der Waals surface area contributed by atoms with Crippen LogP contribution in [0.3, 0.4) is 0 Å². The molecule has 0 spiro atoms. The molecule has 0 heterocycles. The van der Waals surface area contributed by atoms with Crippen molar-refractivity contribution >= 4 is 5.91 Å². The molecule has 0 fully saturated rings. The summed E-state index contributed by atoms with van der Waals surface area (Å²) in [6, 6.07) is 5.01. The largest absolute Gasteiger partial charge is 0.508 e. The lowest BCUT2D eigenvalue weighted by Crippen LogP contribution is -2.33. The first-order valence-corrected chi connectivity index (χ1v) is 5.42. The second-order valence-electron chi connectivity index (χ2n) is 4.11. The van der Waals surface area contributed by atoms with Gasteiger partial charge >= 0.3 is 0 Å². The number of rotatable bonds is 2. The number of hydrogen-bond donors (Lipinski definition) is 2. The zero-order valence-electron chi connectivity index (χ0n) is 9.23. The average Bonchev–Trinajstić information content (AvgIpc) is 2.70. The smallest absolute Gasteiger partial charge is 0.251 e. The molecule has 2 rings (SSSR count). The monoisotopic (exact) mass is 217 g/mol. The summed E-state index contributed by atoms with van der Waals surface area (Å²) >= 11 is 0. The highest BCUT2D eigenvalue weighted by molar-refractivity contribution is 5.96. The van der Waals surface area contributed by atoms with Gasteiger partial charge in [-0.1, -0.05) is 12.2 Å². The van der Waals surface area contributed by atoms with Gasteiger partial charge in [0, 0.05) is 11.6 Å². The Morgan fingerprint density at radius 3 is 2.69 bits per heavy atom. The average molecular weight is 217 g/mol. The van der Waals surface area contributed by atoms with Crippen LogP contribution in [0.1, 0.15) is 28.8 Å². The number of phenolic OH excluding ortho intramolecular Hbond substituents is 1. The first-order valence-electron chi connectivity index (χ1n) is 5.42. The summed E-state index contributed by atoms with van der Waals surface area (Å²) in [5, 5.41) is 12.2. The van der Waals surface area contributed by atoms with E-state index >= 15 is 0 Å². The molecule has 0 radical (unpaired) electrons. The molecule has 1 aliphatic rings.